The van der Waals surface area contributed by atoms with Gasteiger partial charge in [0.1, 0.15) is 23.5 Å². The summed E-state index contributed by atoms with van der Waals surface area (Å²) in [6, 6.07) is 8.46. The number of likely N-dealkylation sites (tertiary alicyclic amines) is 1. The molecule has 226 valence electrons. The molecular formula is C29H35FN4O8. The second-order valence-corrected chi connectivity index (χ2v) is 11.2. The summed E-state index contributed by atoms with van der Waals surface area (Å²) in [6.07, 6.45) is -0.0822. The van der Waals surface area contributed by atoms with Crippen LogP contribution in [0.1, 0.15) is 44.7 Å². The van der Waals surface area contributed by atoms with Crippen LogP contribution in [0, 0.1) is 21.8 Å². The number of hydrogen-bond acceptors (Lipinski definition) is 7. The number of benzene rings is 2. The van der Waals surface area contributed by atoms with Gasteiger partial charge in [0.05, 0.1) is 10.8 Å². The van der Waals surface area contributed by atoms with Crippen molar-refractivity contribution in [2.75, 3.05) is 13.1 Å². The van der Waals surface area contributed by atoms with Crippen molar-refractivity contribution in [3.05, 3.63) is 75.6 Å². The lowest BCUT2D eigenvalue weighted by molar-refractivity contribution is -0.384. The van der Waals surface area contributed by atoms with Crippen molar-refractivity contribution in [1.29, 1.82) is 0 Å². The molecule has 1 heterocycles. The van der Waals surface area contributed by atoms with Gasteiger partial charge in [-0.2, -0.15) is 0 Å². The number of carboxylic acids is 1. The fourth-order valence-electron chi connectivity index (χ4n) is 4.58. The molecule has 3 atom stereocenters. The van der Waals surface area contributed by atoms with Gasteiger partial charge in [0.15, 0.2) is 0 Å². The number of nitro benzene ring substituents is 1. The predicted molar refractivity (Wildman–Crippen MR) is 149 cm³/mol. The van der Waals surface area contributed by atoms with E-state index in [1.807, 2.05) is 0 Å². The molecule has 1 fully saturated rings. The van der Waals surface area contributed by atoms with Crippen LogP contribution < -0.4 is 10.6 Å². The topological polar surface area (TPSA) is 168 Å². The highest BCUT2D eigenvalue weighted by Crippen LogP contribution is 2.19. The number of amides is 3. The van der Waals surface area contributed by atoms with Crippen LogP contribution in [0.3, 0.4) is 0 Å². The first-order chi connectivity index (χ1) is 19.7. The summed E-state index contributed by atoms with van der Waals surface area (Å²) in [5.74, 6) is -3.47. The summed E-state index contributed by atoms with van der Waals surface area (Å²) >= 11 is 0. The van der Waals surface area contributed by atoms with E-state index in [2.05, 4.69) is 10.6 Å². The SMILES string of the molecule is CC(C)(C)OC(=O)N[C@@H](Cc1ccc([N+](=O)[O-])cc1)C(=O)N[C@@H](Cc1ccc(F)cc1)C(=O)N1CCCC(C(=O)O)C1. The van der Waals surface area contributed by atoms with Crippen molar-refractivity contribution in [2.45, 2.75) is 64.1 Å². The molecule has 1 aliphatic heterocycles. The van der Waals surface area contributed by atoms with Crippen molar-refractivity contribution in [1.82, 2.24) is 15.5 Å². The average molecular weight is 587 g/mol. The van der Waals surface area contributed by atoms with Gasteiger partial charge < -0.3 is 25.4 Å². The summed E-state index contributed by atoms with van der Waals surface area (Å²) in [6.45, 7) is 5.24. The highest BCUT2D eigenvalue weighted by atomic mass is 19.1. The Morgan fingerprint density at radius 1 is 1.02 bits per heavy atom. The minimum atomic E-state index is -1.24. The minimum absolute atomic E-state index is 0.0181. The Labute approximate surface area is 242 Å². The number of carbonyl (C=O) groups excluding carboxylic acids is 3. The number of halogens is 1. The quantitative estimate of drug-likeness (QED) is 0.282. The maximum atomic E-state index is 13.6. The predicted octanol–water partition coefficient (Wildman–Crippen LogP) is 3.22. The van der Waals surface area contributed by atoms with E-state index in [0.717, 1.165) is 0 Å². The van der Waals surface area contributed by atoms with Gasteiger partial charge in [0, 0.05) is 38.1 Å². The minimum Gasteiger partial charge on any atom is -0.481 e. The molecule has 1 aliphatic rings. The third-order valence-electron chi connectivity index (χ3n) is 6.64. The number of nitro groups is 1. The molecule has 0 saturated carbocycles. The number of nitrogens with zero attached hydrogens (tertiary/aromatic N) is 2. The standard InChI is InChI=1S/C29H35FN4O8/c1-29(2,3)42-28(39)32-23(15-19-8-12-22(13-9-19)34(40)41)25(35)31-24(16-18-6-10-21(30)11-7-18)26(36)33-14-4-5-20(17-33)27(37)38/h6-13,20,23-24H,4-5,14-17H2,1-3H3,(H,31,35)(H,32,39)(H,37,38)/t20?,23-,24-/m0/s1. The lowest BCUT2D eigenvalue weighted by Crippen LogP contribution is -2.57. The first-order valence-corrected chi connectivity index (χ1v) is 13.5. The molecule has 2 aromatic rings. The van der Waals surface area contributed by atoms with E-state index in [1.165, 1.54) is 53.4 Å². The van der Waals surface area contributed by atoms with Crippen molar-refractivity contribution >= 4 is 29.6 Å². The average Bonchev–Trinajstić information content (AvgIpc) is 2.92. The number of nitrogens with one attached hydrogen (secondary N) is 2. The van der Waals surface area contributed by atoms with Gasteiger partial charge in [-0.15, -0.1) is 0 Å². The second kappa shape index (κ2) is 13.9. The molecule has 0 aliphatic carbocycles. The van der Waals surface area contributed by atoms with Gasteiger partial charge in [-0.05, 0) is 56.9 Å². The third-order valence-corrected chi connectivity index (χ3v) is 6.64. The number of rotatable bonds is 10. The number of hydrogen-bond donors (Lipinski definition) is 3. The maximum absolute atomic E-state index is 13.6. The molecule has 0 aromatic heterocycles. The van der Waals surface area contributed by atoms with Crippen LogP contribution in [-0.2, 0) is 32.0 Å². The van der Waals surface area contributed by atoms with Crippen LogP contribution >= 0.6 is 0 Å². The molecule has 2 aromatic carbocycles. The summed E-state index contributed by atoms with van der Waals surface area (Å²) in [7, 11) is 0. The number of carbonyl (C=O) groups is 4. The maximum Gasteiger partial charge on any atom is 0.408 e. The first-order valence-electron chi connectivity index (χ1n) is 13.5. The second-order valence-electron chi connectivity index (χ2n) is 11.2. The van der Waals surface area contributed by atoms with Gasteiger partial charge in [-0.25, -0.2) is 9.18 Å². The number of non-ortho nitro benzene ring substituents is 1. The van der Waals surface area contributed by atoms with E-state index in [1.54, 1.807) is 20.8 Å². The van der Waals surface area contributed by atoms with Crippen LogP contribution in [0.15, 0.2) is 48.5 Å². The fourth-order valence-corrected chi connectivity index (χ4v) is 4.58. The van der Waals surface area contributed by atoms with Crippen molar-refractivity contribution < 1.29 is 38.3 Å². The summed E-state index contributed by atoms with van der Waals surface area (Å²) < 4.78 is 18.8. The molecular weight excluding hydrogens is 551 g/mol. The number of alkyl carbamates (subject to hydrolysis) is 1. The van der Waals surface area contributed by atoms with Crippen LogP contribution in [0.4, 0.5) is 14.9 Å². The zero-order chi connectivity index (χ0) is 31.0. The molecule has 12 nitrogen and oxygen atoms in total. The van der Waals surface area contributed by atoms with E-state index in [9.17, 15) is 38.8 Å². The fraction of sp³-hybridized carbons (Fsp3) is 0.448. The zero-order valence-corrected chi connectivity index (χ0v) is 23.7. The van der Waals surface area contributed by atoms with E-state index in [4.69, 9.17) is 4.74 Å². The lowest BCUT2D eigenvalue weighted by Gasteiger charge is -2.34. The molecule has 1 unspecified atom stereocenters. The van der Waals surface area contributed by atoms with Gasteiger partial charge in [0.2, 0.25) is 11.8 Å². The molecule has 1 saturated heterocycles. The Morgan fingerprint density at radius 2 is 1.60 bits per heavy atom. The van der Waals surface area contributed by atoms with Gasteiger partial charge >= 0.3 is 12.1 Å². The molecule has 0 radical (unpaired) electrons. The smallest absolute Gasteiger partial charge is 0.408 e. The Hall–Kier alpha value is -4.55. The number of carboxylic acid groups (broad SMARTS) is 1. The van der Waals surface area contributed by atoms with Crippen molar-refractivity contribution in [3.63, 3.8) is 0 Å². The van der Waals surface area contributed by atoms with Gasteiger partial charge in [-0.3, -0.25) is 24.5 Å². The molecule has 3 amide bonds. The number of piperidine rings is 1. The van der Waals surface area contributed by atoms with Crippen molar-refractivity contribution in [2.24, 2.45) is 5.92 Å². The zero-order valence-electron chi connectivity index (χ0n) is 23.7. The summed E-state index contributed by atoms with van der Waals surface area (Å²) in [5, 5.41) is 25.7. The van der Waals surface area contributed by atoms with Crippen LogP contribution in [0.25, 0.3) is 0 Å². The van der Waals surface area contributed by atoms with E-state index >= 15 is 0 Å². The van der Waals surface area contributed by atoms with Crippen molar-refractivity contribution in [3.8, 4) is 0 Å². The van der Waals surface area contributed by atoms with Crippen LogP contribution in [0.2, 0.25) is 0 Å². The van der Waals surface area contributed by atoms with Crippen LogP contribution in [0.5, 0.6) is 0 Å². The highest BCUT2D eigenvalue weighted by molar-refractivity contribution is 5.92. The summed E-state index contributed by atoms with van der Waals surface area (Å²) in [5.41, 5.74) is 0.0347. The molecule has 42 heavy (non-hydrogen) atoms. The summed E-state index contributed by atoms with van der Waals surface area (Å²) in [4.78, 5) is 63.3. The Balaban J connectivity index is 1.87. The molecule has 0 bridgehead atoms. The molecule has 3 rings (SSSR count). The third kappa shape index (κ3) is 9.53. The Kier molecular flexibility index (Phi) is 10.6. The van der Waals surface area contributed by atoms with Crippen LogP contribution in [-0.4, -0.2) is 69.6 Å². The van der Waals surface area contributed by atoms with E-state index < -0.39 is 58.2 Å². The Morgan fingerprint density at radius 3 is 2.14 bits per heavy atom. The Bertz CT molecular complexity index is 1290. The van der Waals surface area contributed by atoms with Gasteiger partial charge in [-0.1, -0.05) is 24.3 Å². The number of aliphatic carboxylic acids is 1. The number of ether oxygens (including phenoxy) is 1. The van der Waals surface area contributed by atoms with E-state index in [-0.39, 0.29) is 25.1 Å². The van der Waals surface area contributed by atoms with E-state index in [0.29, 0.717) is 30.5 Å². The molecule has 0 spiro atoms. The molecule has 13 heteroatoms. The largest absolute Gasteiger partial charge is 0.481 e. The van der Waals surface area contributed by atoms with Gasteiger partial charge in [0.25, 0.3) is 5.69 Å². The normalized spacial score (nSPS) is 16.6. The molecule has 3 N–H and O–H groups in total. The highest BCUT2D eigenvalue weighted by Gasteiger charge is 2.34. The first kappa shape index (κ1) is 32.0. The monoisotopic (exact) mass is 586 g/mol. The lowest BCUT2D eigenvalue weighted by atomic mass is 9.96.